The Balaban J connectivity index is 1.89. The van der Waals surface area contributed by atoms with Crippen molar-refractivity contribution in [2.45, 2.75) is 5.03 Å². The molecule has 3 aromatic heterocycles. The molecule has 35 heavy (non-hydrogen) atoms. The monoisotopic (exact) mass is 490 g/mol. The number of hydrogen-bond donors (Lipinski definition) is 1. The first-order chi connectivity index (χ1) is 16.9. The van der Waals surface area contributed by atoms with Gasteiger partial charge in [-0.25, -0.2) is 15.0 Å². The average Bonchev–Trinajstić information content (AvgIpc) is 2.90. The number of pyridine rings is 2. The summed E-state index contributed by atoms with van der Waals surface area (Å²) in [5.74, 6) is 0.374. The number of nitriles is 1. The van der Waals surface area contributed by atoms with Crippen molar-refractivity contribution in [3.63, 3.8) is 0 Å². The van der Waals surface area contributed by atoms with Gasteiger partial charge < -0.3 is 14.2 Å². The predicted octanol–water partition coefficient (Wildman–Crippen LogP) is 3.42. The van der Waals surface area contributed by atoms with Crippen LogP contribution in [0.25, 0.3) is 11.4 Å². The molecule has 0 atom stereocenters. The number of ether oxygens (including phenoxy) is 3. The molecule has 4 aromatic rings. The molecule has 12 heteroatoms. The van der Waals surface area contributed by atoms with Crippen LogP contribution in [0.5, 0.6) is 23.1 Å². The summed E-state index contributed by atoms with van der Waals surface area (Å²) in [7, 11) is -1.34. The maximum absolute atomic E-state index is 13.1. The fourth-order valence-corrected chi connectivity index (χ4v) is 3.94. The number of benzene rings is 1. The SMILES string of the molecule is COc1ccccc1Oc1c(NS(=O)(=O)c2ccccn2)nc(-c2ccnc(C#N)c2)nc1OC. The second-order valence-corrected chi connectivity index (χ2v) is 8.43. The lowest BCUT2D eigenvalue weighted by Gasteiger charge is -2.17. The maximum atomic E-state index is 13.1. The molecular formula is C23H18N6O5S. The molecule has 0 saturated carbocycles. The molecular weight excluding hydrogens is 472 g/mol. The number of methoxy groups -OCH3 is 2. The lowest BCUT2D eigenvalue weighted by molar-refractivity contribution is 0.348. The van der Waals surface area contributed by atoms with Gasteiger partial charge in [-0.2, -0.15) is 18.7 Å². The van der Waals surface area contributed by atoms with Gasteiger partial charge in [0.25, 0.3) is 15.9 Å². The number of rotatable bonds is 8. The molecule has 0 radical (unpaired) electrons. The van der Waals surface area contributed by atoms with Crippen LogP contribution in [-0.4, -0.2) is 42.6 Å². The summed E-state index contributed by atoms with van der Waals surface area (Å²) in [6, 6.07) is 16.2. The molecule has 1 aromatic carbocycles. The quantitative estimate of drug-likeness (QED) is 0.389. The van der Waals surface area contributed by atoms with Gasteiger partial charge in [0.2, 0.25) is 5.75 Å². The molecule has 0 aliphatic carbocycles. The lowest BCUT2D eigenvalue weighted by Crippen LogP contribution is -2.17. The minimum atomic E-state index is -4.16. The van der Waals surface area contributed by atoms with E-state index < -0.39 is 10.0 Å². The van der Waals surface area contributed by atoms with Crippen LogP contribution >= 0.6 is 0 Å². The van der Waals surface area contributed by atoms with Gasteiger partial charge in [0.05, 0.1) is 14.2 Å². The van der Waals surface area contributed by atoms with Gasteiger partial charge in [-0.1, -0.05) is 18.2 Å². The van der Waals surface area contributed by atoms with Crippen molar-refractivity contribution < 1.29 is 22.6 Å². The van der Waals surface area contributed by atoms with E-state index in [0.717, 1.165) is 0 Å². The fraction of sp³-hybridized carbons (Fsp3) is 0.0870. The van der Waals surface area contributed by atoms with E-state index in [2.05, 4.69) is 24.7 Å². The second kappa shape index (κ2) is 10.0. The van der Waals surface area contributed by atoms with Crippen LogP contribution in [-0.2, 0) is 10.0 Å². The van der Waals surface area contributed by atoms with Crippen molar-refractivity contribution in [1.82, 2.24) is 19.9 Å². The Morgan fingerprint density at radius 1 is 0.914 bits per heavy atom. The zero-order chi connectivity index (χ0) is 24.8. The highest BCUT2D eigenvalue weighted by Crippen LogP contribution is 2.41. The second-order valence-electron chi connectivity index (χ2n) is 6.80. The molecule has 0 saturated heterocycles. The van der Waals surface area contributed by atoms with Crippen LogP contribution in [0.15, 0.2) is 72.0 Å². The summed E-state index contributed by atoms with van der Waals surface area (Å²) in [4.78, 5) is 16.6. The van der Waals surface area contributed by atoms with Gasteiger partial charge in [-0.3, -0.25) is 4.72 Å². The van der Waals surface area contributed by atoms with E-state index in [1.165, 1.54) is 38.7 Å². The number of hydrogen-bond acceptors (Lipinski definition) is 10. The number of nitrogens with zero attached hydrogens (tertiary/aromatic N) is 5. The van der Waals surface area contributed by atoms with Crippen LogP contribution in [0, 0.1) is 11.3 Å². The topological polar surface area (TPSA) is 149 Å². The summed E-state index contributed by atoms with van der Waals surface area (Å²) in [5, 5.41) is 8.97. The van der Waals surface area contributed by atoms with Crippen LogP contribution in [0.2, 0.25) is 0 Å². The highest BCUT2D eigenvalue weighted by Gasteiger charge is 2.25. The Hall–Kier alpha value is -4.76. The van der Waals surface area contributed by atoms with Crippen molar-refractivity contribution in [2.75, 3.05) is 18.9 Å². The van der Waals surface area contributed by atoms with E-state index in [9.17, 15) is 13.7 Å². The molecule has 0 bridgehead atoms. The van der Waals surface area contributed by atoms with E-state index in [0.29, 0.717) is 11.3 Å². The minimum Gasteiger partial charge on any atom is -0.493 e. The smallest absolute Gasteiger partial charge is 0.280 e. The lowest BCUT2D eigenvalue weighted by atomic mass is 10.2. The van der Waals surface area contributed by atoms with Crippen LogP contribution < -0.4 is 18.9 Å². The largest absolute Gasteiger partial charge is 0.493 e. The Kier molecular flexibility index (Phi) is 6.70. The molecule has 0 unspecified atom stereocenters. The van der Waals surface area contributed by atoms with Crippen molar-refractivity contribution in [1.29, 1.82) is 5.26 Å². The predicted molar refractivity (Wildman–Crippen MR) is 125 cm³/mol. The van der Waals surface area contributed by atoms with Crippen molar-refractivity contribution >= 4 is 15.8 Å². The zero-order valence-corrected chi connectivity index (χ0v) is 19.4. The van der Waals surface area contributed by atoms with E-state index in [1.54, 1.807) is 42.5 Å². The zero-order valence-electron chi connectivity index (χ0n) is 18.5. The van der Waals surface area contributed by atoms with Gasteiger partial charge in [0.1, 0.15) is 11.8 Å². The van der Waals surface area contributed by atoms with Gasteiger partial charge in [0.15, 0.2) is 28.2 Å². The highest BCUT2D eigenvalue weighted by molar-refractivity contribution is 7.92. The van der Waals surface area contributed by atoms with Gasteiger partial charge in [-0.05, 0) is 36.4 Å². The molecule has 0 fully saturated rings. The minimum absolute atomic E-state index is 0.0602. The van der Waals surface area contributed by atoms with Gasteiger partial charge >= 0.3 is 0 Å². The third-order valence-electron chi connectivity index (χ3n) is 4.59. The number of anilines is 1. The molecule has 0 spiro atoms. The highest BCUT2D eigenvalue weighted by atomic mass is 32.2. The number of aromatic nitrogens is 4. The van der Waals surface area contributed by atoms with E-state index in [-0.39, 0.29) is 39.7 Å². The van der Waals surface area contributed by atoms with Crippen LogP contribution in [0.1, 0.15) is 5.69 Å². The molecule has 3 heterocycles. The maximum Gasteiger partial charge on any atom is 0.280 e. The first-order valence-corrected chi connectivity index (χ1v) is 11.5. The standard InChI is InChI=1S/C23H18N6O5S/c1-32-17-7-3-4-8-18(17)34-20-22(29-35(30,31)19-9-5-6-11-26-19)27-21(28-23(20)33-2)15-10-12-25-16(13-15)14-24/h3-13H,1-2H3,(H,27,28,29). The Morgan fingerprint density at radius 2 is 1.69 bits per heavy atom. The molecule has 4 rings (SSSR count). The number of sulfonamides is 1. The third kappa shape index (κ3) is 5.10. The van der Waals surface area contributed by atoms with Crippen molar-refractivity contribution in [3.8, 4) is 40.6 Å². The normalized spacial score (nSPS) is 10.8. The van der Waals surface area contributed by atoms with Crippen molar-refractivity contribution in [3.05, 3.63) is 72.7 Å². The summed E-state index contributed by atoms with van der Waals surface area (Å²) in [6.07, 6.45) is 2.77. The van der Waals surface area contributed by atoms with Crippen LogP contribution in [0.3, 0.4) is 0 Å². The van der Waals surface area contributed by atoms with E-state index in [1.807, 2.05) is 6.07 Å². The number of para-hydroxylation sites is 2. The van der Waals surface area contributed by atoms with Gasteiger partial charge in [-0.15, -0.1) is 0 Å². The van der Waals surface area contributed by atoms with E-state index in [4.69, 9.17) is 14.2 Å². The van der Waals surface area contributed by atoms with E-state index >= 15 is 0 Å². The summed E-state index contributed by atoms with van der Waals surface area (Å²) < 4.78 is 45.3. The average molecular weight is 491 g/mol. The number of nitrogens with one attached hydrogen (secondary N) is 1. The first kappa shape index (κ1) is 23.4. The Labute approximate surface area is 201 Å². The molecule has 0 amide bonds. The molecule has 1 N–H and O–H groups in total. The molecule has 0 aliphatic rings. The van der Waals surface area contributed by atoms with Crippen molar-refractivity contribution in [2.24, 2.45) is 0 Å². The van der Waals surface area contributed by atoms with Gasteiger partial charge in [0, 0.05) is 18.0 Å². The Bertz CT molecular complexity index is 1510. The molecule has 0 aliphatic heterocycles. The summed E-state index contributed by atoms with van der Waals surface area (Å²) in [6.45, 7) is 0. The first-order valence-electron chi connectivity index (χ1n) is 10.0. The van der Waals surface area contributed by atoms with Crippen LogP contribution in [0.4, 0.5) is 5.82 Å². The summed E-state index contributed by atoms with van der Waals surface area (Å²) in [5.41, 5.74) is 0.548. The molecule has 176 valence electrons. The molecule has 11 nitrogen and oxygen atoms in total. The fourth-order valence-electron chi connectivity index (χ4n) is 2.99. The Morgan fingerprint density at radius 3 is 2.37 bits per heavy atom. The summed E-state index contributed by atoms with van der Waals surface area (Å²) >= 11 is 0. The third-order valence-corrected chi connectivity index (χ3v) is 5.84.